The van der Waals surface area contributed by atoms with Crippen LogP contribution < -0.4 is 0 Å². The first-order valence-electron chi connectivity index (χ1n) is 12.5. The summed E-state index contributed by atoms with van der Waals surface area (Å²) < 4.78 is 0. The minimum atomic E-state index is 0.956. The standard InChI is InChI=1S/C10H8.C9H7N.C8H7N.C7H6N2/c1-2-6-10-8-4-3-7-9(10)5-1;1-2-6-9-8(4-1)5-3-7-10-9;1-2-4-8-7(3-1)5-6-9-8;1-2-6-3-5-9-7(6)8-4-1/h1-8H;1-7H;1-6,9H;1-5H,(H,8,9). The molecule has 0 bridgehead atoms. The van der Waals surface area contributed by atoms with E-state index >= 15 is 0 Å². The third-order valence-electron chi connectivity index (χ3n) is 5.96. The van der Waals surface area contributed by atoms with E-state index in [-0.39, 0.29) is 0 Å². The van der Waals surface area contributed by atoms with Crippen molar-refractivity contribution in [3.63, 3.8) is 0 Å². The molecule has 38 heavy (non-hydrogen) atoms. The van der Waals surface area contributed by atoms with E-state index in [9.17, 15) is 0 Å². The third kappa shape index (κ3) is 6.50. The molecule has 0 spiro atoms. The first kappa shape index (κ1) is 24.5. The van der Waals surface area contributed by atoms with Gasteiger partial charge in [0, 0.05) is 41.1 Å². The minimum Gasteiger partial charge on any atom is -0.361 e. The van der Waals surface area contributed by atoms with E-state index in [0.717, 1.165) is 16.6 Å². The fourth-order valence-corrected chi connectivity index (χ4v) is 4.03. The third-order valence-corrected chi connectivity index (χ3v) is 5.96. The summed E-state index contributed by atoms with van der Waals surface area (Å²) in [7, 11) is 0. The Kier molecular flexibility index (Phi) is 8.15. The molecule has 4 aromatic heterocycles. The molecule has 0 fully saturated rings. The molecule has 0 unspecified atom stereocenters. The zero-order valence-electron chi connectivity index (χ0n) is 20.9. The van der Waals surface area contributed by atoms with Crippen LogP contribution in [0.4, 0.5) is 0 Å². The normalized spacial score (nSPS) is 10.1. The van der Waals surface area contributed by atoms with E-state index in [1.165, 1.54) is 27.1 Å². The van der Waals surface area contributed by atoms with Gasteiger partial charge in [0.25, 0.3) is 0 Å². The van der Waals surface area contributed by atoms with Crippen LogP contribution in [0.5, 0.6) is 0 Å². The molecule has 0 saturated carbocycles. The first-order chi connectivity index (χ1) is 18.9. The molecule has 4 heteroatoms. The van der Waals surface area contributed by atoms with Crippen molar-refractivity contribution in [3.8, 4) is 0 Å². The number of rotatable bonds is 0. The number of benzene rings is 4. The number of hydrogen-bond acceptors (Lipinski definition) is 2. The Hall–Kier alpha value is -5.22. The molecule has 8 aromatic rings. The predicted molar refractivity (Wildman–Crippen MR) is 160 cm³/mol. The Labute approximate surface area is 221 Å². The van der Waals surface area contributed by atoms with Crippen molar-refractivity contribution < 1.29 is 0 Å². The average Bonchev–Trinajstić information content (AvgIpc) is 3.68. The van der Waals surface area contributed by atoms with E-state index in [1.807, 2.05) is 73.2 Å². The topological polar surface area (TPSA) is 57.4 Å². The van der Waals surface area contributed by atoms with Gasteiger partial charge < -0.3 is 9.97 Å². The summed E-state index contributed by atoms with van der Waals surface area (Å²) in [6.07, 6.45) is 7.42. The van der Waals surface area contributed by atoms with Gasteiger partial charge in [-0.3, -0.25) is 4.98 Å². The Balaban J connectivity index is 0.000000103. The molecule has 2 N–H and O–H groups in total. The summed E-state index contributed by atoms with van der Waals surface area (Å²) in [5, 5.41) is 6.26. The number of nitrogens with zero attached hydrogens (tertiary/aromatic N) is 2. The van der Waals surface area contributed by atoms with Crippen LogP contribution in [0.3, 0.4) is 0 Å². The number of aromatic amines is 2. The van der Waals surface area contributed by atoms with Crippen molar-refractivity contribution in [2.24, 2.45) is 0 Å². The molecule has 4 heterocycles. The molecule has 4 nitrogen and oxygen atoms in total. The summed E-state index contributed by atoms with van der Waals surface area (Å²) in [6, 6.07) is 45.0. The lowest BCUT2D eigenvalue weighted by atomic mass is 10.1. The van der Waals surface area contributed by atoms with Gasteiger partial charge in [0.1, 0.15) is 5.65 Å². The van der Waals surface area contributed by atoms with Gasteiger partial charge in [-0.1, -0.05) is 91.0 Å². The monoisotopic (exact) mass is 492 g/mol. The van der Waals surface area contributed by atoms with Crippen molar-refractivity contribution >= 4 is 43.6 Å². The van der Waals surface area contributed by atoms with Gasteiger partial charge in [-0.25, -0.2) is 4.98 Å². The van der Waals surface area contributed by atoms with E-state index in [2.05, 4.69) is 98.8 Å². The molecule has 0 radical (unpaired) electrons. The number of nitrogens with one attached hydrogen (secondary N) is 2. The molecule has 0 aliphatic carbocycles. The minimum absolute atomic E-state index is 0.956. The van der Waals surface area contributed by atoms with Crippen LogP contribution in [0, 0.1) is 0 Å². The summed E-state index contributed by atoms with van der Waals surface area (Å²) >= 11 is 0. The van der Waals surface area contributed by atoms with Gasteiger partial charge in [-0.05, 0) is 58.6 Å². The van der Waals surface area contributed by atoms with Gasteiger partial charge in [0.15, 0.2) is 0 Å². The largest absolute Gasteiger partial charge is 0.361 e. The molecule has 0 atom stereocenters. The smallest absolute Gasteiger partial charge is 0.137 e. The number of pyridine rings is 2. The second-order valence-electron chi connectivity index (χ2n) is 8.53. The van der Waals surface area contributed by atoms with Crippen LogP contribution in [-0.2, 0) is 0 Å². The summed E-state index contributed by atoms with van der Waals surface area (Å²) in [5.74, 6) is 0. The maximum atomic E-state index is 4.18. The molecule has 8 rings (SSSR count). The number of para-hydroxylation sites is 2. The predicted octanol–water partition coefficient (Wildman–Crippen LogP) is 8.81. The molecule has 0 amide bonds. The molecule has 184 valence electrons. The van der Waals surface area contributed by atoms with Gasteiger partial charge in [-0.2, -0.15) is 0 Å². The van der Waals surface area contributed by atoms with Gasteiger partial charge >= 0.3 is 0 Å². The van der Waals surface area contributed by atoms with Gasteiger partial charge in [-0.15, -0.1) is 0 Å². The number of H-pyrrole nitrogens is 2. The van der Waals surface area contributed by atoms with Crippen LogP contribution in [0.25, 0.3) is 43.6 Å². The fraction of sp³-hybridized carbons (Fsp3) is 0. The molecule has 0 saturated heterocycles. The van der Waals surface area contributed by atoms with E-state index < -0.39 is 0 Å². The maximum Gasteiger partial charge on any atom is 0.137 e. The van der Waals surface area contributed by atoms with Crippen LogP contribution in [0.1, 0.15) is 0 Å². The van der Waals surface area contributed by atoms with Crippen LogP contribution in [0.15, 0.2) is 158 Å². The van der Waals surface area contributed by atoms with Crippen molar-refractivity contribution in [1.82, 2.24) is 19.9 Å². The zero-order chi connectivity index (χ0) is 25.8. The highest BCUT2D eigenvalue weighted by Crippen LogP contribution is 2.12. The Morgan fingerprint density at radius 3 is 1.53 bits per heavy atom. The SMILES string of the molecule is c1ccc2[nH]ccc2c1.c1ccc2ccccc2c1.c1ccc2ncccc2c1.c1cnc2[nH]ccc2c1. The fourth-order valence-electron chi connectivity index (χ4n) is 4.03. The Morgan fingerprint density at radius 1 is 0.368 bits per heavy atom. The highest BCUT2D eigenvalue weighted by Gasteiger charge is 1.89. The van der Waals surface area contributed by atoms with Crippen LogP contribution >= 0.6 is 0 Å². The van der Waals surface area contributed by atoms with Crippen molar-refractivity contribution in [2.45, 2.75) is 0 Å². The lowest BCUT2D eigenvalue weighted by molar-refractivity contribution is 1.33. The zero-order valence-corrected chi connectivity index (χ0v) is 20.9. The maximum absolute atomic E-state index is 4.18. The van der Waals surface area contributed by atoms with Crippen LogP contribution in [-0.4, -0.2) is 19.9 Å². The molecule has 0 aliphatic heterocycles. The highest BCUT2D eigenvalue weighted by atomic mass is 14.8. The van der Waals surface area contributed by atoms with Crippen molar-refractivity contribution in [3.05, 3.63) is 158 Å². The highest BCUT2D eigenvalue weighted by molar-refractivity contribution is 5.82. The number of fused-ring (bicyclic) bond motifs is 4. The van der Waals surface area contributed by atoms with Crippen LogP contribution in [0.2, 0.25) is 0 Å². The molecular formula is C34H28N4. The molecular weight excluding hydrogens is 464 g/mol. The second-order valence-corrected chi connectivity index (χ2v) is 8.53. The molecule has 0 aliphatic rings. The quantitative estimate of drug-likeness (QED) is 0.222. The van der Waals surface area contributed by atoms with Crippen molar-refractivity contribution in [1.29, 1.82) is 0 Å². The van der Waals surface area contributed by atoms with E-state index in [1.54, 1.807) is 6.20 Å². The Bertz CT molecular complexity index is 1520. The molecule has 4 aromatic carbocycles. The lowest BCUT2D eigenvalue weighted by Crippen LogP contribution is -1.73. The van der Waals surface area contributed by atoms with Gasteiger partial charge in [0.2, 0.25) is 0 Å². The second kappa shape index (κ2) is 12.7. The lowest BCUT2D eigenvalue weighted by Gasteiger charge is -1.92. The summed E-state index contributed by atoms with van der Waals surface area (Å²) in [6.45, 7) is 0. The average molecular weight is 493 g/mol. The van der Waals surface area contributed by atoms with Gasteiger partial charge in [0.05, 0.1) is 5.52 Å². The first-order valence-corrected chi connectivity index (χ1v) is 12.5. The Morgan fingerprint density at radius 2 is 0.868 bits per heavy atom. The number of hydrogen-bond donors (Lipinski definition) is 2. The summed E-state index contributed by atoms with van der Waals surface area (Å²) in [4.78, 5) is 14.4. The van der Waals surface area contributed by atoms with E-state index in [4.69, 9.17) is 0 Å². The van der Waals surface area contributed by atoms with E-state index in [0.29, 0.717) is 0 Å². The van der Waals surface area contributed by atoms with Crippen molar-refractivity contribution in [2.75, 3.05) is 0 Å². The summed E-state index contributed by atoms with van der Waals surface area (Å²) in [5.41, 5.74) is 3.22. The number of aromatic nitrogens is 4.